The number of nitrogens with zero attached hydrogens (tertiary/aromatic N) is 1. The number of nitrogens with two attached hydrogens (primary N) is 1. The van der Waals surface area contributed by atoms with Crippen LogP contribution in [0.25, 0.3) is 0 Å². The van der Waals surface area contributed by atoms with Crippen LogP contribution in [0.1, 0.15) is 12.5 Å². The quantitative estimate of drug-likeness (QED) is 0.898. The van der Waals surface area contributed by atoms with Gasteiger partial charge in [-0.25, -0.2) is 0 Å². The number of anilines is 1. The maximum absolute atomic E-state index is 5.70. The van der Waals surface area contributed by atoms with Gasteiger partial charge < -0.3 is 15.2 Å². The third kappa shape index (κ3) is 2.71. The second kappa shape index (κ2) is 5.40. The van der Waals surface area contributed by atoms with Crippen LogP contribution in [0.4, 0.5) is 5.69 Å². The lowest BCUT2D eigenvalue weighted by Gasteiger charge is -2.08. The zero-order valence-corrected chi connectivity index (χ0v) is 10.5. The normalized spacial score (nSPS) is 10.1. The SMILES string of the molecule is CCc1cccc(Oc2ccc(N)c(OC)n2)c1. The van der Waals surface area contributed by atoms with E-state index in [4.69, 9.17) is 15.2 Å². The van der Waals surface area contributed by atoms with Crippen LogP contribution in [-0.4, -0.2) is 12.1 Å². The summed E-state index contributed by atoms with van der Waals surface area (Å²) in [6, 6.07) is 11.3. The number of benzene rings is 1. The van der Waals surface area contributed by atoms with Gasteiger partial charge in [-0.3, -0.25) is 0 Å². The molecular weight excluding hydrogens is 228 g/mol. The van der Waals surface area contributed by atoms with Crippen molar-refractivity contribution in [2.24, 2.45) is 0 Å². The Labute approximate surface area is 106 Å². The highest BCUT2D eigenvalue weighted by atomic mass is 16.5. The zero-order valence-electron chi connectivity index (χ0n) is 10.5. The van der Waals surface area contributed by atoms with E-state index >= 15 is 0 Å². The molecule has 0 bridgehead atoms. The van der Waals surface area contributed by atoms with E-state index in [0.717, 1.165) is 12.2 Å². The van der Waals surface area contributed by atoms with Gasteiger partial charge in [-0.05, 0) is 30.2 Å². The van der Waals surface area contributed by atoms with Gasteiger partial charge in [-0.2, -0.15) is 4.98 Å². The number of aryl methyl sites for hydroxylation is 1. The summed E-state index contributed by atoms with van der Waals surface area (Å²) >= 11 is 0. The molecular formula is C14H16N2O2. The molecule has 4 nitrogen and oxygen atoms in total. The van der Waals surface area contributed by atoms with Crippen LogP contribution in [0.5, 0.6) is 17.5 Å². The number of aromatic nitrogens is 1. The number of ether oxygens (including phenoxy) is 2. The van der Waals surface area contributed by atoms with Gasteiger partial charge in [-0.1, -0.05) is 19.1 Å². The van der Waals surface area contributed by atoms with Gasteiger partial charge in [0.05, 0.1) is 12.8 Å². The van der Waals surface area contributed by atoms with Gasteiger partial charge in [0.25, 0.3) is 0 Å². The van der Waals surface area contributed by atoms with E-state index in [1.807, 2.05) is 18.2 Å². The van der Waals surface area contributed by atoms with Crippen molar-refractivity contribution in [2.75, 3.05) is 12.8 Å². The van der Waals surface area contributed by atoms with E-state index < -0.39 is 0 Å². The summed E-state index contributed by atoms with van der Waals surface area (Å²) in [6.07, 6.45) is 0.968. The number of rotatable bonds is 4. The van der Waals surface area contributed by atoms with Crippen LogP contribution in [0.2, 0.25) is 0 Å². The molecule has 0 unspecified atom stereocenters. The van der Waals surface area contributed by atoms with Gasteiger partial charge in [-0.15, -0.1) is 0 Å². The molecule has 1 aromatic carbocycles. The maximum atomic E-state index is 5.70. The van der Waals surface area contributed by atoms with Gasteiger partial charge >= 0.3 is 0 Å². The minimum absolute atomic E-state index is 0.374. The molecule has 1 heterocycles. The first kappa shape index (κ1) is 12.2. The average molecular weight is 244 g/mol. The molecule has 0 spiro atoms. The lowest BCUT2D eigenvalue weighted by molar-refractivity contribution is 0.385. The summed E-state index contributed by atoms with van der Waals surface area (Å²) in [4.78, 5) is 4.17. The van der Waals surface area contributed by atoms with E-state index in [0.29, 0.717) is 17.4 Å². The molecule has 0 fully saturated rings. The van der Waals surface area contributed by atoms with Crippen molar-refractivity contribution >= 4 is 5.69 Å². The first-order chi connectivity index (χ1) is 8.72. The van der Waals surface area contributed by atoms with Crippen molar-refractivity contribution in [3.63, 3.8) is 0 Å². The van der Waals surface area contributed by atoms with Gasteiger partial charge in [0, 0.05) is 6.07 Å². The summed E-state index contributed by atoms with van der Waals surface area (Å²) in [5.41, 5.74) is 7.41. The topological polar surface area (TPSA) is 57.4 Å². The van der Waals surface area contributed by atoms with Crippen LogP contribution in [0, 0.1) is 0 Å². The Morgan fingerprint density at radius 1 is 1.22 bits per heavy atom. The maximum Gasteiger partial charge on any atom is 0.240 e. The minimum atomic E-state index is 0.374. The third-order valence-electron chi connectivity index (χ3n) is 2.59. The van der Waals surface area contributed by atoms with Crippen molar-refractivity contribution in [3.05, 3.63) is 42.0 Å². The van der Waals surface area contributed by atoms with Gasteiger partial charge in [0.2, 0.25) is 11.8 Å². The lowest BCUT2D eigenvalue weighted by Crippen LogP contribution is -1.97. The summed E-state index contributed by atoms with van der Waals surface area (Å²) in [5.74, 6) is 1.60. The molecule has 94 valence electrons. The summed E-state index contributed by atoms with van der Waals surface area (Å²) in [5, 5.41) is 0. The molecule has 2 aromatic rings. The van der Waals surface area contributed by atoms with Crippen LogP contribution < -0.4 is 15.2 Å². The van der Waals surface area contributed by atoms with Crippen molar-refractivity contribution in [2.45, 2.75) is 13.3 Å². The first-order valence-electron chi connectivity index (χ1n) is 5.80. The Morgan fingerprint density at radius 3 is 2.78 bits per heavy atom. The monoisotopic (exact) mass is 244 g/mol. The molecule has 2 rings (SSSR count). The predicted octanol–water partition coefficient (Wildman–Crippen LogP) is 3.03. The highest BCUT2D eigenvalue weighted by molar-refractivity contribution is 5.49. The standard InChI is InChI=1S/C14H16N2O2/c1-3-10-5-4-6-11(9-10)18-13-8-7-12(15)14(16-13)17-2/h4-9H,3,15H2,1-2H3. The number of hydrogen-bond acceptors (Lipinski definition) is 4. The predicted molar refractivity (Wildman–Crippen MR) is 71.1 cm³/mol. The molecule has 2 N–H and O–H groups in total. The summed E-state index contributed by atoms with van der Waals surface area (Å²) in [6.45, 7) is 2.10. The minimum Gasteiger partial charge on any atom is -0.479 e. The summed E-state index contributed by atoms with van der Waals surface area (Å²) < 4.78 is 10.7. The number of hydrogen-bond donors (Lipinski definition) is 1. The van der Waals surface area contributed by atoms with Crippen molar-refractivity contribution in [3.8, 4) is 17.5 Å². The van der Waals surface area contributed by atoms with E-state index in [1.165, 1.54) is 12.7 Å². The molecule has 0 radical (unpaired) electrons. The second-order valence-corrected chi connectivity index (χ2v) is 3.85. The van der Waals surface area contributed by atoms with Crippen LogP contribution >= 0.6 is 0 Å². The van der Waals surface area contributed by atoms with Crippen molar-refractivity contribution < 1.29 is 9.47 Å². The Hall–Kier alpha value is -2.23. The van der Waals surface area contributed by atoms with Crippen LogP contribution in [0.3, 0.4) is 0 Å². The molecule has 0 saturated carbocycles. The highest BCUT2D eigenvalue weighted by Gasteiger charge is 2.05. The van der Waals surface area contributed by atoms with Crippen LogP contribution in [0.15, 0.2) is 36.4 Å². The Morgan fingerprint density at radius 2 is 2.06 bits per heavy atom. The number of nitrogen functional groups attached to an aromatic ring is 1. The fourth-order valence-electron chi connectivity index (χ4n) is 1.60. The van der Waals surface area contributed by atoms with Crippen molar-refractivity contribution in [1.29, 1.82) is 0 Å². The zero-order chi connectivity index (χ0) is 13.0. The van der Waals surface area contributed by atoms with Gasteiger partial charge in [0.1, 0.15) is 5.75 Å². The Bertz CT molecular complexity index is 541. The van der Waals surface area contributed by atoms with Crippen LogP contribution in [-0.2, 0) is 6.42 Å². The van der Waals surface area contributed by atoms with E-state index in [1.54, 1.807) is 12.1 Å². The molecule has 0 amide bonds. The second-order valence-electron chi connectivity index (χ2n) is 3.85. The van der Waals surface area contributed by atoms with E-state index in [-0.39, 0.29) is 0 Å². The molecule has 1 aromatic heterocycles. The Kier molecular flexibility index (Phi) is 3.67. The highest BCUT2D eigenvalue weighted by Crippen LogP contribution is 2.26. The smallest absolute Gasteiger partial charge is 0.240 e. The molecule has 0 aliphatic rings. The molecule has 0 atom stereocenters. The van der Waals surface area contributed by atoms with E-state index in [2.05, 4.69) is 18.0 Å². The number of pyridine rings is 1. The molecule has 18 heavy (non-hydrogen) atoms. The molecule has 0 aliphatic carbocycles. The largest absolute Gasteiger partial charge is 0.479 e. The lowest BCUT2D eigenvalue weighted by atomic mass is 10.2. The fourth-order valence-corrected chi connectivity index (χ4v) is 1.60. The van der Waals surface area contributed by atoms with Crippen molar-refractivity contribution in [1.82, 2.24) is 4.98 Å². The average Bonchev–Trinajstić information content (AvgIpc) is 2.41. The first-order valence-corrected chi connectivity index (χ1v) is 5.80. The third-order valence-corrected chi connectivity index (χ3v) is 2.59. The molecule has 4 heteroatoms. The van der Waals surface area contributed by atoms with E-state index in [9.17, 15) is 0 Å². The van der Waals surface area contributed by atoms with Gasteiger partial charge in [0.15, 0.2) is 0 Å². The molecule has 0 saturated heterocycles. The Balaban J connectivity index is 2.22. The summed E-state index contributed by atoms with van der Waals surface area (Å²) in [7, 11) is 1.53. The fraction of sp³-hybridized carbons (Fsp3) is 0.214. The molecule has 0 aliphatic heterocycles. The number of methoxy groups -OCH3 is 1.